The fraction of sp³-hybridized carbons (Fsp3) is 0.320. The molecule has 180 valence electrons. The summed E-state index contributed by atoms with van der Waals surface area (Å²) in [7, 11) is 3.18. The summed E-state index contributed by atoms with van der Waals surface area (Å²) in [5.41, 5.74) is 2.27. The molecule has 0 radical (unpaired) electrons. The number of hydrogen-bond acceptors (Lipinski definition) is 9. The normalized spacial score (nSPS) is 17.5. The topological polar surface area (TPSA) is 112 Å². The number of carbonyl (C=O) groups is 1. The maximum atomic E-state index is 12.3. The molecule has 0 spiro atoms. The number of rotatable bonds is 7. The van der Waals surface area contributed by atoms with Gasteiger partial charge in [-0.05, 0) is 18.2 Å². The number of nitrogens with one attached hydrogen (secondary N) is 1. The van der Waals surface area contributed by atoms with Crippen molar-refractivity contribution in [1.29, 1.82) is 0 Å². The highest BCUT2D eigenvalue weighted by atomic mass is 16.5. The van der Waals surface area contributed by atoms with Gasteiger partial charge in [-0.1, -0.05) is 19.1 Å². The third kappa shape index (κ3) is 4.46. The van der Waals surface area contributed by atoms with Gasteiger partial charge in [0.15, 0.2) is 11.5 Å². The fourth-order valence-corrected chi connectivity index (χ4v) is 4.29. The van der Waals surface area contributed by atoms with Crippen LogP contribution in [-0.4, -0.2) is 65.3 Å². The summed E-state index contributed by atoms with van der Waals surface area (Å²) in [5, 5.41) is 3.90. The lowest BCUT2D eigenvalue weighted by molar-refractivity contribution is -0.121. The number of para-hydroxylation sites is 2. The molecular weight excluding hydrogens is 448 g/mol. The van der Waals surface area contributed by atoms with Crippen molar-refractivity contribution in [3.05, 3.63) is 48.9 Å². The lowest BCUT2D eigenvalue weighted by Gasteiger charge is -2.20. The highest BCUT2D eigenvalue weighted by Crippen LogP contribution is 2.36. The van der Waals surface area contributed by atoms with Crippen LogP contribution < -0.4 is 24.4 Å². The van der Waals surface area contributed by atoms with Crippen LogP contribution in [-0.2, 0) is 4.79 Å². The molecule has 1 N–H and O–H groups in total. The van der Waals surface area contributed by atoms with Crippen molar-refractivity contribution in [2.75, 3.05) is 32.2 Å². The van der Waals surface area contributed by atoms with Crippen molar-refractivity contribution in [3.8, 4) is 17.4 Å². The van der Waals surface area contributed by atoms with Crippen molar-refractivity contribution in [3.63, 3.8) is 0 Å². The molecule has 2 aromatic carbocycles. The molecule has 5 rings (SSSR count). The molecule has 35 heavy (non-hydrogen) atoms. The van der Waals surface area contributed by atoms with Gasteiger partial charge >= 0.3 is 0 Å². The average Bonchev–Trinajstić information content (AvgIpc) is 3.28. The Hall–Kier alpha value is -4.21. The summed E-state index contributed by atoms with van der Waals surface area (Å²) in [5.74, 6) is 2.27. The first kappa shape index (κ1) is 22.6. The predicted octanol–water partition coefficient (Wildman–Crippen LogP) is 2.75. The fourth-order valence-electron chi connectivity index (χ4n) is 4.29. The van der Waals surface area contributed by atoms with E-state index in [1.165, 1.54) is 6.33 Å². The molecule has 4 aromatic rings. The molecule has 1 fully saturated rings. The third-order valence-electron chi connectivity index (χ3n) is 6.05. The lowest BCUT2D eigenvalue weighted by atomic mass is 10.2. The molecule has 2 aromatic heterocycles. The van der Waals surface area contributed by atoms with Crippen molar-refractivity contribution < 1.29 is 19.0 Å². The number of amides is 1. The average molecular weight is 475 g/mol. The maximum absolute atomic E-state index is 12.3. The van der Waals surface area contributed by atoms with E-state index in [9.17, 15) is 4.79 Å². The Balaban J connectivity index is 1.47. The third-order valence-corrected chi connectivity index (χ3v) is 6.05. The minimum absolute atomic E-state index is 0.0472. The quantitative estimate of drug-likeness (QED) is 0.432. The molecule has 10 heteroatoms. The summed E-state index contributed by atoms with van der Waals surface area (Å²) >= 11 is 0. The highest BCUT2D eigenvalue weighted by Gasteiger charge is 2.37. The highest BCUT2D eigenvalue weighted by molar-refractivity contribution is 5.92. The Labute approximate surface area is 202 Å². The lowest BCUT2D eigenvalue weighted by Crippen LogP contribution is -2.45. The molecule has 0 aliphatic carbocycles. The van der Waals surface area contributed by atoms with Crippen LogP contribution in [0.2, 0.25) is 0 Å². The number of ether oxygens (including phenoxy) is 3. The van der Waals surface area contributed by atoms with E-state index in [0.29, 0.717) is 36.9 Å². The van der Waals surface area contributed by atoms with Crippen LogP contribution in [0.3, 0.4) is 0 Å². The van der Waals surface area contributed by atoms with Gasteiger partial charge in [0.05, 0.1) is 49.6 Å². The van der Waals surface area contributed by atoms with Crippen LogP contribution in [0.1, 0.15) is 13.3 Å². The SMILES string of the molecule is CCC(=O)NC1CN(c2ncnc3cc(OC)c(OC)cc23)CC1Oc1cnc2ccccc2n1. The summed E-state index contributed by atoms with van der Waals surface area (Å²) in [6.45, 7) is 2.83. The predicted molar refractivity (Wildman–Crippen MR) is 131 cm³/mol. The number of nitrogens with zero attached hydrogens (tertiary/aromatic N) is 5. The van der Waals surface area contributed by atoms with E-state index in [0.717, 1.165) is 27.8 Å². The van der Waals surface area contributed by atoms with E-state index < -0.39 is 0 Å². The summed E-state index contributed by atoms with van der Waals surface area (Å²) in [6, 6.07) is 11.0. The molecule has 1 aliphatic heterocycles. The van der Waals surface area contributed by atoms with Gasteiger partial charge in [-0.25, -0.2) is 19.9 Å². The van der Waals surface area contributed by atoms with E-state index in [1.54, 1.807) is 20.4 Å². The molecule has 2 atom stereocenters. The molecule has 3 heterocycles. The second-order valence-corrected chi connectivity index (χ2v) is 8.21. The molecular formula is C25H26N6O4. The minimum Gasteiger partial charge on any atom is -0.493 e. The van der Waals surface area contributed by atoms with E-state index in [-0.39, 0.29) is 18.1 Å². The zero-order valence-electron chi connectivity index (χ0n) is 19.8. The summed E-state index contributed by atoms with van der Waals surface area (Å²) in [4.78, 5) is 32.4. The number of carbonyl (C=O) groups excluding carboxylic acids is 1. The standard InChI is InChI=1S/C25H26N6O4/c1-4-23(32)29-19-12-31(13-22(19)35-24-11-26-16-7-5-6-8-17(16)30-24)25-15-9-20(33-2)21(34-3)10-18(15)27-14-28-25/h5-11,14,19,22H,4,12-13H2,1-3H3,(H,29,32). The second kappa shape index (κ2) is 9.57. The van der Waals surface area contributed by atoms with Crippen LogP contribution in [0.15, 0.2) is 48.9 Å². The molecule has 0 saturated carbocycles. The van der Waals surface area contributed by atoms with E-state index >= 15 is 0 Å². The van der Waals surface area contributed by atoms with Gasteiger partial charge in [0.25, 0.3) is 0 Å². The smallest absolute Gasteiger partial charge is 0.233 e. The molecule has 2 unspecified atom stereocenters. The maximum Gasteiger partial charge on any atom is 0.233 e. The van der Waals surface area contributed by atoms with Crippen LogP contribution in [0.25, 0.3) is 21.9 Å². The van der Waals surface area contributed by atoms with Gasteiger partial charge in [0.2, 0.25) is 11.8 Å². The van der Waals surface area contributed by atoms with Crippen LogP contribution in [0, 0.1) is 0 Å². The number of methoxy groups -OCH3 is 2. The van der Waals surface area contributed by atoms with Gasteiger partial charge in [-0.3, -0.25) is 4.79 Å². The first-order valence-electron chi connectivity index (χ1n) is 11.4. The first-order chi connectivity index (χ1) is 17.1. The largest absolute Gasteiger partial charge is 0.493 e. The Bertz CT molecular complexity index is 1380. The molecule has 0 bridgehead atoms. The number of benzene rings is 2. The Morgan fingerprint density at radius 1 is 1.03 bits per heavy atom. The molecule has 1 saturated heterocycles. The van der Waals surface area contributed by atoms with E-state index in [2.05, 4.69) is 30.2 Å². The first-order valence-corrected chi connectivity index (χ1v) is 11.4. The Morgan fingerprint density at radius 3 is 2.57 bits per heavy atom. The number of aromatic nitrogens is 4. The Morgan fingerprint density at radius 2 is 1.80 bits per heavy atom. The van der Waals surface area contributed by atoms with Gasteiger partial charge in [0.1, 0.15) is 18.2 Å². The minimum atomic E-state index is -0.355. The zero-order valence-corrected chi connectivity index (χ0v) is 19.8. The van der Waals surface area contributed by atoms with Crippen molar-refractivity contribution >= 4 is 33.7 Å². The van der Waals surface area contributed by atoms with Gasteiger partial charge in [-0.15, -0.1) is 0 Å². The van der Waals surface area contributed by atoms with Gasteiger partial charge in [-0.2, -0.15) is 0 Å². The van der Waals surface area contributed by atoms with Crippen LogP contribution in [0.4, 0.5) is 5.82 Å². The van der Waals surface area contributed by atoms with E-state index in [1.807, 2.05) is 43.3 Å². The van der Waals surface area contributed by atoms with Crippen LogP contribution >= 0.6 is 0 Å². The molecule has 1 amide bonds. The van der Waals surface area contributed by atoms with E-state index in [4.69, 9.17) is 14.2 Å². The second-order valence-electron chi connectivity index (χ2n) is 8.21. The van der Waals surface area contributed by atoms with Crippen molar-refractivity contribution in [1.82, 2.24) is 25.3 Å². The van der Waals surface area contributed by atoms with Gasteiger partial charge in [0, 0.05) is 24.4 Å². The molecule has 10 nitrogen and oxygen atoms in total. The summed E-state index contributed by atoms with van der Waals surface area (Å²) in [6.07, 6.45) is 3.16. The van der Waals surface area contributed by atoms with Crippen molar-refractivity contribution in [2.24, 2.45) is 0 Å². The number of fused-ring (bicyclic) bond motifs is 2. The monoisotopic (exact) mass is 474 g/mol. The summed E-state index contributed by atoms with van der Waals surface area (Å²) < 4.78 is 17.2. The van der Waals surface area contributed by atoms with Crippen LogP contribution in [0.5, 0.6) is 17.4 Å². The number of anilines is 1. The van der Waals surface area contributed by atoms with Crippen molar-refractivity contribution in [2.45, 2.75) is 25.5 Å². The zero-order chi connectivity index (χ0) is 24.4. The number of hydrogen-bond donors (Lipinski definition) is 1. The Kier molecular flexibility index (Phi) is 6.17. The van der Waals surface area contributed by atoms with Gasteiger partial charge < -0.3 is 24.4 Å². The molecule has 1 aliphatic rings.